The number of nitrogens with zero attached hydrogens (tertiary/aromatic N) is 5. The van der Waals surface area contributed by atoms with Crippen LogP contribution in [0.1, 0.15) is 51.0 Å². The zero-order valence-corrected chi connectivity index (χ0v) is 18.6. The van der Waals surface area contributed by atoms with Crippen molar-refractivity contribution >= 4 is 21.7 Å². The molecule has 1 aromatic carbocycles. The average molecular weight is 498 g/mol. The molecular weight excluding hydrogens is 481 g/mol. The first-order valence-corrected chi connectivity index (χ1v) is 11.3. The van der Waals surface area contributed by atoms with Gasteiger partial charge in [-0.25, -0.2) is 28.2 Å². The number of rotatable bonds is 6. The minimum atomic E-state index is -4.88. The monoisotopic (exact) mass is 498 g/mol. The highest BCUT2D eigenvalue weighted by molar-refractivity contribution is 7.90. The van der Waals surface area contributed by atoms with Gasteiger partial charge in [-0.05, 0) is 32.0 Å². The lowest BCUT2D eigenvalue weighted by molar-refractivity contribution is -0.137. The van der Waals surface area contributed by atoms with Crippen LogP contribution in [0.4, 0.5) is 13.2 Å². The van der Waals surface area contributed by atoms with Crippen LogP contribution in [-0.4, -0.2) is 56.4 Å². The van der Waals surface area contributed by atoms with Gasteiger partial charge in [0, 0.05) is 11.8 Å². The molecule has 0 aliphatic carbocycles. The van der Waals surface area contributed by atoms with Crippen LogP contribution < -0.4 is 5.32 Å². The molecule has 0 unspecified atom stereocenters. The SMILES string of the molecule is Cc1nc([C@H](C)NC(=O)c2cc(C(F)(F)F)cc(S(C)(=O)=O)c2)n(-c2cnc(C(=O)O)cn2)n1. The van der Waals surface area contributed by atoms with Gasteiger partial charge < -0.3 is 10.4 Å². The Bertz CT molecular complexity index is 1370. The summed E-state index contributed by atoms with van der Waals surface area (Å²) >= 11 is 0. The second-order valence-electron chi connectivity index (χ2n) is 7.21. The number of amides is 1. The Balaban J connectivity index is 1.95. The molecule has 15 heteroatoms. The van der Waals surface area contributed by atoms with Crippen LogP contribution in [0.25, 0.3) is 5.82 Å². The van der Waals surface area contributed by atoms with E-state index in [4.69, 9.17) is 5.11 Å². The molecule has 34 heavy (non-hydrogen) atoms. The number of carboxylic acid groups (broad SMARTS) is 1. The number of nitrogens with one attached hydrogen (secondary N) is 1. The smallest absolute Gasteiger partial charge is 0.416 e. The lowest BCUT2D eigenvalue weighted by atomic mass is 10.1. The number of carbonyl (C=O) groups excluding carboxylic acids is 1. The molecule has 2 aromatic heterocycles. The first-order valence-electron chi connectivity index (χ1n) is 9.39. The van der Waals surface area contributed by atoms with Crippen molar-refractivity contribution in [3.8, 4) is 5.82 Å². The number of benzene rings is 1. The normalized spacial score (nSPS) is 12.9. The molecule has 2 heterocycles. The van der Waals surface area contributed by atoms with Gasteiger partial charge in [-0.1, -0.05) is 0 Å². The van der Waals surface area contributed by atoms with E-state index >= 15 is 0 Å². The van der Waals surface area contributed by atoms with Crippen LogP contribution in [0, 0.1) is 6.92 Å². The number of hydrogen-bond acceptors (Lipinski definition) is 8. The second kappa shape index (κ2) is 8.81. The fourth-order valence-electron chi connectivity index (χ4n) is 2.87. The van der Waals surface area contributed by atoms with Crippen LogP contribution in [0.5, 0.6) is 0 Å². The van der Waals surface area contributed by atoms with Crippen LogP contribution in [0.15, 0.2) is 35.5 Å². The molecule has 0 radical (unpaired) electrons. The number of alkyl halides is 3. The summed E-state index contributed by atoms with van der Waals surface area (Å²) in [6.45, 7) is 3.01. The number of aryl methyl sites for hydroxylation is 1. The topological polar surface area (TPSA) is 157 Å². The number of sulfone groups is 1. The fourth-order valence-corrected chi connectivity index (χ4v) is 3.56. The molecule has 0 bridgehead atoms. The molecule has 3 rings (SSSR count). The van der Waals surface area contributed by atoms with Gasteiger partial charge in [-0.15, -0.1) is 5.10 Å². The van der Waals surface area contributed by atoms with Gasteiger partial charge in [-0.3, -0.25) is 4.79 Å². The van der Waals surface area contributed by atoms with Gasteiger partial charge in [0.25, 0.3) is 5.91 Å². The summed E-state index contributed by atoms with van der Waals surface area (Å²) in [7, 11) is -4.03. The quantitative estimate of drug-likeness (QED) is 0.518. The maximum absolute atomic E-state index is 13.3. The first kappa shape index (κ1) is 24.8. The highest BCUT2D eigenvalue weighted by Crippen LogP contribution is 2.32. The number of aromatic carboxylic acids is 1. The van der Waals surface area contributed by atoms with Crippen molar-refractivity contribution in [1.29, 1.82) is 0 Å². The maximum Gasteiger partial charge on any atom is 0.416 e. The van der Waals surface area contributed by atoms with Crippen LogP contribution in [0.2, 0.25) is 0 Å². The molecule has 0 saturated carbocycles. The lowest BCUT2D eigenvalue weighted by Crippen LogP contribution is -2.29. The predicted molar refractivity (Wildman–Crippen MR) is 109 cm³/mol. The van der Waals surface area contributed by atoms with Crippen molar-refractivity contribution in [3.63, 3.8) is 0 Å². The second-order valence-corrected chi connectivity index (χ2v) is 9.22. The number of halogens is 3. The van der Waals surface area contributed by atoms with E-state index in [1.807, 2.05) is 0 Å². The van der Waals surface area contributed by atoms with Crippen molar-refractivity contribution in [3.05, 3.63) is 59.1 Å². The van der Waals surface area contributed by atoms with Gasteiger partial charge in [0.15, 0.2) is 27.2 Å². The van der Waals surface area contributed by atoms with Crippen molar-refractivity contribution < 1.29 is 36.3 Å². The van der Waals surface area contributed by atoms with E-state index in [9.17, 15) is 31.2 Å². The average Bonchev–Trinajstić information content (AvgIpc) is 3.14. The molecule has 0 spiro atoms. The number of carboxylic acids is 1. The molecule has 2 N–H and O–H groups in total. The summed E-state index contributed by atoms with van der Waals surface area (Å²) in [5.41, 5.74) is -2.12. The Morgan fingerprint density at radius 1 is 1.15 bits per heavy atom. The van der Waals surface area contributed by atoms with E-state index < -0.39 is 50.0 Å². The van der Waals surface area contributed by atoms with E-state index in [-0.39, 0.29) is 23.2 Å². The van der Waals surface area contributed by atoms with Crippen LogP contribution in [-0.2, 0) is 16.0 Å². The van der Waals surface area contributed by atoms with E-state index in [1.54, 1.807) is 6.92 Å². The van der Waals surface area contributed by atoms with Gasteiger partial charge in [0.05, 0.1) is 28.9 Å². The first-order chi connectivity index (χ1) is 15.7. The van der Waals surface area contributed by atoms with Gasteiger partial charge >= 0.3 is 12.1 Å². The highest BCUT2D eigenvalue weighted by Gasteiger charge is 2.33. The minimum absolute atomic E-state index is 0.0835. The molecule has 1 amide bonds. The Morgan fingerprint density at radius 3 is 2.35 bits per heavy atom. The van der Waals surface area contributed by atoms with Gasteiger partial charge in [0.2, 0.25) is 0 Å². The molecule has 0 saturated heterocycles. The molecule has 3 aromatic rings. The van der Waals surface area contributed by atoms with Crippen LogP contribution in [0.3, 0.4) is 0 Å². The summed E-state index contributed by atoms with van der Waals surface area (Å²) in [6, 6.07) is 0.919. The van der Waals surface area contributed by atoms with E-state index in [0.29, 0.717) is 12.1 Å². The Kier molecular flexibility index (Phi) is 6.42. The van der Waals surface area contributed by atoms with Gasteiger partial charge in [-0.2, -0.15) is 17.9 Å². The zero-order valence-electron chi connectivity index (χ0n) is 17.8. The van der Waals surface area contributed by atoms with E-state index in [2.05, 4.69) is 25.4 Å². The van der Waals surface area contributed by atoms with Crippen molar-refractivity contribution in [2.24, 2.45) is 0 Å². The third-order valence-corrected chi connectivity index (χ3v) is 5.56. The summed E-state index contributed by atoms with van der Waals surface area (Å²) in [5, 5.41) is 15.5. The molecule has 0 aliphatic heterocycles. The van der Waals surface area contributed by atoms with Crippen molar-refractivity contribution in [2.75, 3.05) is 6.26 Å². The summed E-state index contributed by atoms with van der Waals surface area (Å²) < 4.78 is 64.6. The number of hydrogen-bond donors (Lipinski definition) is 2. The third-order valence-electron chi connectivity index (χ3n) is 4.47. The van der Waals surface area contributed by atoms with Crippen LogP contribution >= 0.6 is 0 Å². The highest BCUT2D eigenvalue weighted by atomic mass is 32.2. The minimum Gasteiger partial charge on any atom is -0.476 e. The maximum atomic E-state index is 13.3. The van der Waals surface area contributed by atoms with Crippen molar-refractivity contribution in [1.82, 2.24) is 30.0 Å². The zero-order chi connectivity index (χ0) is 25.4. The molecule has 1 atom stereocenters. The number of carbonyl (C=O) groups is 2. The fraction of sp³-hybridized carbons (Fsp3) is 0.263. The Hall–Kier alpha value is -3.88. The van der Waals surface area contributed by atoms with Gasteiger partial charge in [0.1, 0.15) is 5.82 Å². The Morgan fingerprint density at radius 2 is 1.82 bits per heavy atom. The molecular formula is C19H17F3N6O5S. The number of aromatic nitrogens is 5. The third kappa shape index (κ3) is 5.36. The molecule has 0 fully saturated rings. The Labute approximate surface area is 190 Å². The predicted octanol–water partition coefficient (Wildman–Crippen LogP) is 1.98. The molecule has 180 valence electrons. The molecule has 11 nitrogen and oxygen atoms in total. The summed E-state index contributed by atoms with van der Waals surface area (Å²) in [6.07, 6.45) is -2.02. The largest absolute Gasteiger partial charge is 0.476 e. The summed E-state index contributed by atoms with van der Waals surface area (Å²) in [5.74, 6) is -1.80. The molecule has 0 aliphatic rings. The summed E-state index contributed by atoms with van der Waals surface area (Å²) in [4.78, 5) is 34.9. The standard InChI is InChI=1S/C19H17F3N6O5S/c1-9(16-26-10(2)27-28(16)15-8-23-14(7-24-15)18(30)31)25-17(29)11-4-12(19(20,21)22)6-13(5-11)34(3,32)33/h4-9H,1-3H3,(H,25,29)(H,30,31)/t9-/m0/s1. The van der Waals surface area contributed by atoms with Crippen molar-refractivity contribution in [2.45, 2.75) is 31.0 Å². The van der Waals surface area contributed by atoms with E-state index in [1.165, 1.54) is 11.6 Å². The lowest BCUT2D eigenvalue weighted by Gasteiger charge is -2.16. The van der Waals surface area contributed by atoms with E-state index in [0.717, 1.165) is 24.7 Å².